The summed E-state index contributed by atoms with van der Waals surface area (Å²) in [6.45, 7) is 0.480. The van der Waals surface area contributed by atoms with Crippen LogP contribution in [0.2, 0.25) is 5.02 Å². The summed E-state index contributed by atoms with van der Waals surface area (Å²) in [4.78, 5) is 23.0. The van der Waals surface area contributed by atoms with Gasteiger partial charge in [0.2, 0.25) is 0 Å². The van der Waals surface area contributed by atoms with E-state index in [0.717, 1.165) is 46.5 Å². The summed E-state index contributed by atoms with van der Waals surface area (Å²) >= 11 is 5.81. The highest BCUT2D eigenvalue weighted by atomic mass is 35.5. The lowest BCUT2D eigenvalue weighted by molar-refractivity contribution is -0.139. The van der Waals surface area contributed by atoms with Crippen molar-refractivity contribution in [2.75, 3.05) is 13.2 Å². The summed E-state index contributed by atoms with van der Waals surface area (Å²) in [6.07, 6.45) is 9.43. The second kappa shape index (κ2) is 13.5. The Balaban J connectivity index is 1.19. The van der Waals surface area contributed by atoms with Crippen LogP contribution in [0.3, 0.4) is 0 Å². The first-order valence-electron chi connectivity index (χ1n) is 14.4. The first-order valence-corrected chi connectivity index (χ1v) is 14.7. The molecule has 3 aromatic carbocycles. The third-order valence-electron chi connectivity index (χ3n) is 7.73. The maximum Gasteiger partial charge on any atom is 0.323 e. The molecule has 1 heterocycles. The molecule has 5 rings (SSSR count). The Hall–Kier alpha value is -4.37. The zero-order valence-electron chi connectivity index (χ0n) is 23.9. The zero-order valence-corrected chi connectivity index (χ0v) is 24.7. The molecule has 0 spiro atoms. The molecule has 7 nitrogen and oxygen atoms in total. The molecule has 1 fully saturated rings. The highest BCUT2D eigenvalue weighted by molar-refractivity contribution is 6.32. The molecule has 0 saturated heterocycles. The number of rotatable bonds is 15. The van der Waals surface area contributed by atoms with Crippen molar-refractivity contribution in [2.24, 2.45) is 5.41 Å². The second-order valence-electron chi connectivity index (χ2n) is 11.2. The van der Waals surface area contributed by atoms with E-state index in [-0.39, 0.29) is 35.8 Å². The number of hydrogen-bond acceptors (Lipinski definition) is 4. The number of benzene rings is 3. The summed E-state index contributed by atoms with van der Waals surface area (Å²) in [5.41, 5.74) is 3.31. The number of para-hydroxylation sites is 1. The largest absolute Gasteiger partial charge is 0.494 e. The lowest BCUT2D eigenvalue weighted by Gasteiger charge is -2.11. The lowest BCUT2D eigenvalue weighted by atomic mass is 9.92. The minimum Gasteiger partial charge on any atom is -0.494 e. The van der Waals surface area contributed by atoms with Gasteiger partial charge in [0.1, 0.15) is 34.7 Å². The number of halogens is 3. The first kappa shape index (κ1) is 31.1. The Morgan fingerprint density at radius 1 is 0.955 bits per heavy atom. The van der Waals surface area contributed by atoms with Crippen LogP contribution >= 0.6 is 11.6 Å². The second-order valence-corrected chi connectivity index (χ2v) is 11.6. The van der Waals surface area contributed by atoms with Crippen LogP contribution in [0.1, 0.15) is 48.8 Å². The van der Waals surface area contributed by atoms with Crippen LogP contribution in [-0.4, -0.2) is 39.9 Å². The average molecular weight is 624 g/mol. The molecule has 1 aliphatic carbocycles. The van der Waals surface area contributed by atoms with Crippen LogP contribution < -0.4 is 9.47 Å². The predicted octanol–water partition coefficient (Wildman–Crippen LogP) is 7.86. The normalized spacial score (nSPS) is 13.8. The molecule has 4 aromatic rings. The molecule has 1 saturated carbocycles. The molecular formula is C34H32ClF2NO6. The van der Waals surface area contributed by atoms with Crippen molar-refractivity contribution >= 4 is 46.6 Å². The molecule has 1 aliphatic rings. The van der Waals surface area contributed by atoms with Crippen molar-refractivity contribution in [2.45, 2.75) is 45.1 Å². The van der Waals surface area contributed by atoms with Gasteiger partial charge < -0.3 is 24.3 Å². The van der Waals surface area contributed by atoms with Gasteiger partial charge in [-0.05, 0) is 66.3 Å². The first-order chi connectivity index (χ1) is 21.1. The Morgan fingerprint density at radius 2 is 1.68 bits per heavy atom. The third-order valence-corrected chi connectivity index (χ3v) is 8.09. The minimum atomic E-state index is -0.951. The monoisotopic (exact) mass is 623 g/mol. The SMILES string of the molecule is O=C(O)Cn1cc(CC2(CC(=O)O)CC2)c2cccc(/C=C/c3ccc(OCCCCOc4cc(F)cc(F)c4Cl)cc3)c21. The number of carboxylic acid groups (broad SMARTS) is 2. The van der Waals surface area contributed by atoms with Crippen molar-refractivity contribution in [3.63, 3.8) is 0 Å². The van der Waals surface area contributed by atoms with Crippen molar-refractivity contribution < 1.29 is 38.1 Å². The van der Waals surface area contributed by atoms with E-state index in [1.807, 2.05) is 60.8 Å². The highest BCUT2D eigenvalue weighted by Gasteiger charge is 2.44. The molecule has 0 aliphatic heterocycles. The number of hydrogen-bond donors (Lipinski definition) is 2. The van der Waals surface area contributed by atoms with Crippen molar-refractivity contribution in [3.8, 4) is 11.5 Å². The number of ether oxygens (including phenoxy) is 2. The number of carboxylic acids is 2. The van der Waals surface area contributed by atoms with Gasteiger partial charge in [-0.3, -0.25) is 9.59 Å². The van der Waals surface area contributed by atoms with Gasteiger partial charge in [0.15, 0.2) is 0 Å². The van der Waals surface area contributed by atoms with Gasteiger partial charge in [-0.1, -0.05) is 54.1 Å². The summed E-state index contributed by atoms with van der Waals surface area (Å²) in [5.74, 6) is -2.71. The van der Waals surface area contributed by atoms with Gasteiger partial charge in [0.05, 0.1) is 25.2 Å². The molecule has 44 heavy (non-hydrogen) atoms. The summed E-state index contributed by atoms with van der Waals surface area (Å²) < 4.78 is 39.8. The van der Waals surface area contributed by atoms with Crippen molar-refractivity contribution in [1.82, 2.24) is 4.57 Å². The fourth-order valence-electron chi connectivity index (χ4n) is 5.40. The predicted molar refractivity (Wildman–Crippen MR) is 164 cm³/mol. The Morgan fingerprint density at radius 3 is 2.36 bits per heavy atom. The van der Waals surface area contributed by atoms with Crippen LogP contribution in [0.5, 0.6) is 11.5 Å². The molecule has 0 amide bonds. The number of aliphatic carboxylic acids is 2. The number of nitrogens with zero attached hydrogens (tertiary/aromatic N) is 1. The van der Waals surface area contributed by atoms with Crippen LogP contribution in [0.15, 0.2) is 60.8 Å². The molecule has 0 unspecified atom stereocenters. The van der Waals surface area contributed by atoms with Crippen LogP contribution in [0.4, 0.5) is 8.78 Å². The number of carbonyl (C=O) groups is 2. The van der Waals surface area contributed by atoms with Crippen molar-refractivity contribution in [1.29, 1.82) is 0 Å². The van der Waals surface area contributed by atoms with E-state index in [1.54, 1.807) is 4.57 Å². The van der Waals surface area contributed by atoms with E-state index < -0.39 is 23.6 Å². The van der Waals surface area contributed by atoms with E-state index in [1.165, 1.54) is 0 Å². The smallest absolute Gasteiger partial charge is 0.323 e. The number of fused-ring (bicyclic) bond motifs is 1. The molecule has 2 N–H and O–H groups in total. The molecule has 0 atom stereocenters. The third kappa shape index (κ3) is 7.77. The van der Waals surface area contributed by atoms with Gasteiger partial charge in [-0.25, -0.2) is 8.78 Å². The quantitative estimate of drug-likeness (QED) is 0.0795. The topological polar surface area (TPSA) is 98.0 Å². The number of unbranched alkanes of at least 4 members (excludes halogenated alkanes) is 1. The molecule has 10 heteroatoms. The van der Waals surface area contributed by atoms with E-state index in [2.05, 4.69) is 0 Å². The van der Waals surface area contributed by atoms with Gasteiger partial charge >= 0.3 is 11.9 Å². The summed E-state index contributed by atoms with van der Waals surface area (Å²) in [6, 6.07) is 15.1. The van der Waals surface area contributed by atoms with E-state index in [0.29, 0.717) is 37.7 Å². The van der Waals surface area contributed by atoms with Crippen LogP contribution in [-0.2, 0) is 22.6 Å². The fourth-order valence-corrected chi connectivity index (χ4v) is 5.57. The Labute approximate surface area is 258 Å². The lowest BCUT2D eigenvalue weighted by Crippen LogP contribution is -2.11. The summed E-state index contributed by atoms with van der Waals surface area (Å²) in [5, 5.41) is 19.6. The van der Waals surface area contributed by atoms with Gasteiger partial charge in [0.25, 0.3) is 0 Å². The fraction of sp³-hybridized carbons (Fsp3) is 0.294. The highest BCUT2D eigenvalue weighted by Crippen LogP contribution is 2.52. The molecule has 1 aromatic heterocycles. The van der Waals surface area contributed by atoms with Crippen molar-refractivity contribution in [3.05, 3.63) is 94.1 Å². The van der Waals surface area contributed by atoms with Crippen LogP contribution in [0, 0.1) is 17.0 Å². The van der Waals surface area contributed by atoms with Gasteiger partial charge in [-0.2, -0.15) is 0 Å². The molecule has 0 radical (unpaired) electrons. The standard InChI is InChI=1S/C34H32ClF2NO6/c35-32-28(37)16-25(36)17-29(32)44-15-2-1-14-43-26-10-7-22(8-11-26)6-9-23-4-3-5-27-24(18-34(12-13-34)19-30(39)40)20-38(33(23)27)21-31(41)42/h3-11,16-17,20H,1-2,12-15,18-19,21H2,(H,39,40)(H,41,42)/b9-6+. The summed E-state index contributed by atoms with van der Waals surface area (Å²) in [7, 11) is 0. The van der Waals surface area contributed by atoms with Gasteiger partial charge in [0, 0.05) is 23.7 Å². The maximum absolute atomic E-state index is 13.5. The van der Waals surface area contributed by atoms with Crippen LogP contribution in [0.25, 0.3) is 23.1 Å². The Bertz CT molecular complexity index is 1690. The van der Waals surface area contributed by atoms with E-state index in [4.69, 9.17) is 21.1 Å². The molecule has 230 valence electrons. The van der Waals surface area contributed by atoms with Gasteiger partial charge in [-0.15, -0.1) is 0 Å². The molecule has 0 bridgehead atoms. The number of aromatic nitrogens is 1. The zero-order chi connectivity index (χ0) is 31.3. The maximum atomic E-state index is 13.5. The minimum absolute atomic E-state index is 0.0251. The van der Waals surface area contributed by atoms with E-state index >= 15 is 0 Å². The molecular weight excluding hydrogens is 592 g/mol. The average Bonchev–Trinajstić information content (AvgIpc) is 3.64. The Kier molecular flexibility index (Phi) is 9.54. The van der Waals surface area contributed by atoms with E-state index in [9.17, 15) is 28.6 Å².